The van der Waals surface area contributed by atoms with Crippen LogP contribution in [-0.4, -0.2) is 26.3 Å². The van der Waals surface area contributed by atoms with Crippen LogP contribution in [0.25, 0.3) is 5.82 Å². The van der Waals surface area contributed by atoms with Gasteiger partial charge in [-0.3, -0.25) is 0 Å². The van der Waals surface area contributed by atoms with E-state index in [1.165, 1.54) is 0 Å². The normalized spacial score (nSPS) is 10.5. The molecule has 0 spiro atoms. The van der Waals surface area contributed by atoms with Crippen LogP contribution < -0.4 is 5.32 Å². The van der Waals surface area contributed by atoms with Crippen molar-refractivity contribution in [1.82, 2.24) is 19.7 Å². The molecule has 17 heavy (non-hydrogen) atoms. The van der Waals surface area contributed by atoms with E-state index in [-0.39, 0.29) is 0 Å². The lowest BCUT2D eigenvalue weighted by atomic mass is 10.5. The molecule has 2 heterocycles. The molecule has 2 aromatic heterocycles. The van der Waals surface area contributed by atoms with E-state index in [1.54, 1.807) is 10.9 Å². The van der Waals surface area contributed by atoms with Gasteiger partial charge >= 0.3 is 0 Å². The molecule has 0 aliphatic carbocycles. The molecule has 0 fully saturated rings. The molecule has 0 bridgehead atoms. The van der Waals surface area contributed by atoms with E-state index in [2.05, 4.69) is 43.2 Å². The predicted octanol–water partition coefficient (Wildman–Crippen LogP) is 2.56. The molecule has 0 aromatic carbocycles. The lowest BCUT2D eigenvalue weighted by Gasteiger charge is -2.07. The Morgan fingerprint density at radius 3 is 2.94 bits per heavy atom. The molecule has 0 aliphatic rings. The third kappa shape index (κ3) is 2.82. The molecule has 0 amide bonds. The Kier molecular flexibility index (Phi) is 3.73. The zero-order chi connectivity index (χ0) is 12.3. The van der Waals surface area contributed by atoms with Crippen molar-refractivity contribution in [2.24, 2.45) is 0 Å². The average molecular weight is 296 g/mol. The predicted molar refractivity (Wildman–Crippen MR) is 70.4 cm³/mol. The van der Waals surface area contributed by atoms with Crippen molar-refractivity contribution in [3.8, 4) is 5.82 Å². The molecule has 0 radical (unpaired) electrons. The van der Waals surface area contributed by atoms with Gasteiger partial charge in [0, 0.05) is 18.9 Å². The van der Waals surface area contributed by atoms with Gasteiger partial charge in [-0.1, -0.05) is 6.92 Å². The summed E-state index contributed by atoms with van der Waals surface area (Å²) in [4.78, 5) is 8.62. The summed E-state index contributed by atoms with van der Waals surface area (Å²) in [5.74, 6) is 1.37. The number of rotatable bonds is 4. The molecule has 1 N–H and O–H groups in total. The van der Waals surface area contributed by atoms with Crippen LogP contribution in [0.1, 0.15) is 19.0 Å². The Hall–Kier alpha value is -1.43. The fourth-order valence-corrected chi connectivity index (χ4v) is 1.75. The van der Waals surface area contributed by atoms with Crippen molar-refractivity contribution in [3.63, 3.8) is 0 Å². The Balaban J connectivity index is 2.32. The van der Waals surface area contributed by atoms with Crippen LogP contribution in [0, 0.1) is 6.92 Å². The summed E-state index contributed by atoms with van der Waals surface area (Å²) >= 11 is 3.43. The van der Waals surface area contributed by atoms with Crippen LogP contribution in [0.4, 0.5) is 5.95 Å². The molecular weight excluding hydrogens is 282 g/mol. The van der Waals surface area contributed by atoms with Gasteiger partial charge in [0.25, 0.3) is 0 Å². The summed E-state index contributed by atoms with van der Waals surface area (Å²) in [5.41, 5.74) is 0.957. The fraction of sp³-hybridized carbons (Fsp3) is 0.364. The highest BCUT2D eigenvalue weighted by atomic mass is 79.9. The summed E-state index contributed by atoms with van der Waals surface area (Å²) in [6, 6.07) is 1.94. The van der Waals surface area contributed by atoms with Gasteiger partial charge in [0.1, 0.15) is 0 Å². The van der Waals surface area contributed by atoms with E-state index in [0.717, 1.165) is 29.0 Å². The van der Waals surface area contributed by atoms with Crippen molar-refractivity contribution in [3.05, 3.63) is 28.6 Å². The second-order valence-electron chi connectivity index (χ2n) is 3.69. The second-order valence-corrected chi connectivity index (χ2v) is 4.55. The molecular formula is C11H14BrN5. The topological polar surface area (TPSA) is 55.6 Å². The second kappa shape index (κ2) is 5.27. The largest absolute Gasteiger partial charge is 0.354 e. The van der Waals surface area contributed by atoms with Gasteiger partial charge in [-0.2, -0.15) is 10.1 Å². The average Bonchev–Trinajstić information content (AvgIpc) is 2.75. The molecule has 6 heteroatoms. The van der Waals surface area contributed by atoms with Crippen LogP contribution in [0.2, 0.25) is 0 Å². The monoisotopic (exact) mass is 295 g/mol. The summed E-state index contributed by atoms with van der Waals surface area (Å²) in [5, 5.41) is 7.49. The minimum atomic E-state index is 0.623. The summed E-state index contributed by atoms with van der Waals surface area (Å²) in [7, 11) is 0. The zero-order valence-electron chi connectivity index (χ0n) is 9.81. The van der Waals surface area contributed by atoms with Crippen molar-refractivity contribution >= 4 is 21.9 Å². The SMILES string of the molecule is CCCNc1ncc(Br)c(-n2ccc(C)n2)n1. The van der Waals surface area contributed by atoms with Crippen molar-refractivity contribution in [2.45, 2.75) is 20.3 Å². The van der Waals surface area contributed by atoms with Gasteiger partial charge in [0.05, 0.1) is 10.2 Å². The Bertz CT molecular complexity index is 508. The highest BCUT2D eigenvalue weighted by molar-refractivity contribution is 9.10. The third-order valence-electron chi connectivity index (χ3n) is 2.20. The first-order valence-electron chi connectivity index (χ1n) is 5.49. The number of aromatic nitrogens is 4. The van der Waals surface area contributed by atoms with Crippen molar-refractivity contribution < 1.29 is 0 Å². The van der Waals surface area contributed by atoms with Crippen LogP contribution >= 0.6 is 15.9 Å². The molecule has 90 valence electrons. The van der Waals surface area contributed by atoms with Gasteiger partial charge in [-0.05, 0) is 35.3 Å². The maximum absolute atomic E-state index is 4.42. The molecule has 5 nitrogen and oxygen atoms in total. The van der Waals surface area contributed by atoms with Crippen LogP contribution in [-0.2, 0) is 0 Å². The number of halogens is 1. The summed E-state index contributed by atoms with van der Waals surface area (Å²) in [6.45, 7) is 4.91. The molecule has 0 saturated carbocycles. The Morgan fingerprint density at radius 2 is 2.29 bits per heavy atom. The minimum Gasteiger partial charge on any atom is -0.354 e. The fourth-order valence-electron chi connectivity index (χ4n) is 1.37. The number of hydrogen-bond donors (Lipinski definition) is 1. The number of anilines is 1. The molecule has 2 aromatic rings. The van der Waals surface area contributed by atoms with E-state index in [4.69, 9.17) is 0 Å². The van der Waals surface area contributed by atoms with E-state index in [1.807, 2.05) is 19.2 Å². The van der Waals surface area contributed by atoms with Gasteiger partial charge in [0.2, 0.25) is 5.95 Å². The minimum absolute atomic E-state index is 0.623. The molecule has 2 rings (SSSR count). The zero-order valence-corrected chi connectivity index (χ0v) is 11.4. The number of nitrogens with one attached hydrogen (secondary N) is 1. The standard InChI is InChI=1S/C11H14BrN5/c1-3-5-13-11-14-7-9(12)10(15-11)17-6-4-8(2)16-17/h4,6-7H,3,5H2,1-2H3,(H,13,14,15). The first-order valence-corrected chi connectivity index (χ1v) is 6.29. The van der Waals surface area contributed by atoms with Gasteiger partial charge in [-0.15, -0.1) is 0 Å². The number of hydrogen-bond acceptors (Lipinski definition) is 4. The van der Waals surface area contributed by atoms with Crippen LogP contribution in [0.15, 0.2) is 22.9 Å². The highest BCUT2D eigenvalue weighted by Crippen LogP contribution is 2.18. The van der Waals surface area contributed by atoms with E-state index < -0.39 is 0 Å². The number of nitrogens with zero attached hydrogens (tertiary/aromatic N) is 4. The Morgan fingerprint density at radius 1 is 1.47 bits per heavy atom. The quantitative estimate of drug-likeness (QED) is 0.942. The molecule has 0 aliphatic heterocycles. The van der Waals surface area contributed by atoms with E-state index >= 15 is 0 Å². The molecule has 0 saturated heterocycles. The maximum atomic E-state index is 4.42. The van der Waals surface area contributed by atoms with Gasteiger partial charge in [0.15, 0.2) is 5.82 Å². The van der Waals surface area contributed by atoms with Crippen molar-refractivity contribution in [1.29, 1.82) is 0 Å². The third-order valence-corrected chi connectivity index (χ3v) is 2.76. The molecule has 0 unspecified atom stereocenters. The lowest BCUT2D eigenvalue weighted by Crippen LogP contribution is -2.08. The Labute approximate surface area is 108 Å². The number of aryl methyl sites for hydroxylation is 1. The van der Waals surface area contributed by atoms with E-state index in [9.17, 15) is 0 Å². The van der Waals surface area contributed by atoms with Gasteiger partial charge in [-0.25, -0.2) is 9.67 Å². The van der Waals surface area contributed by atoms with Crippen molar-refractivity contribution in [2.75, 3.05) is 11.9 Å². The molecule has 0 atom stereocenters. The smallest absolute Gasteiger partial charge is 0.224 e. The maximum Gasteiger partial charge on any atom is 0.224 e. The van der Waals surface area contributed by atoms with Crippen LogP contribution in [0.5, 0.6) is 0 Å². The summed E-state index contributed by atoms with van der Waals surface area (Å²) in [6.07, 6.45) is 4.65. The first-order chi connectivity index (χ1) is 8.20. The summed E-state index contributed by atoms with van der Waals surface area (Å²) < 4.78 is 2.56. The van der Waals surface area contributed by atoms with Crippen LogP contribution in [0.3, 0.4) is 0 Å². The van der Waals surface area contributed by atoms with Gasteiger partial charge < -0.3 is 5.32 Å². The first kappa shape index (κ1) is 12.0. The van der Waals surface area contributed by atoms with E-state index in [0.29, 0.717) is 5.95 Å². The lowest BCUT2D eigenvalue weighted by molar-refractivity contribution is 0.818. The highest BCUT2D eigenvalue weighted by Gasteiger charge is 2.07.